The summed E-state index contributed by atoms with van der Waals surface area (Å²) < 4.78 is 5.15. The molecule has 7 heteroatoms. The van der Waals surface area contributed by atoms with Crippen LogP contribution in [0, 0.1) is 12.8 Å². The van der Waals surface area contributed by atoms with Gasteiger partial charge in [-0.3, -0.25) is 9.59 Å². The molecule has 1 aliphatic rings. The van der Waals surface area contributed by atoms with Gasteiger partial charge >= 0.3 is 5.97 Å². The zero-order chi connectivity index (χ0) is 18.6. The lowest BCUT2D eigenvalue weighted by Gasteiger charge is -2.34. The van der Waals surface area contributed by atoms with E-state index in [4.69, 9.17) is 9.84 Å². The van der Waals surface area contributed by atoms with E-state index in [-0.39, 0.29) is 30.9 Å². The predicted octanol–water partition coefficient (Wildman–Crippen LogP) is 1.06. The number of carbonyl (C=O) groups excluding carboxylic acids is 2. The third-order valence-electron chi connectivity index (χ3n) is 4.26. The van der Waals surface area contributed by atoms with E-state index in [9.17, 15) is 14.4 Å². The summed E-state index contributed by atoms with van der Waals surface area (Å²) >= 11 is 0. The van der Waals surface area contributed by atoms with Crippen molar-refractivity contribution in [3.05, 3.63) is 35.4 Å². The molecule has 1 aromatic carbocycles. The molecular formula is C18H24N2O5. The van der Waals surface area contributed by atoms with Gasteiger partial charge in [-0.2, -0.15) is 0 Å². The maximum Gasteiger partial charge on any atom is 0.334 e. The molecule has 136 valence electrons. The topological polar surface area (TPSA) is 95.9 Å². The zero-order valence-electron chi connectivity index (χ0n) is 14.7. The van der Waals surface area contributed by atoms with Crippen LogP contribution in [0.25, 0.3) is 0 Å². The van der Waals surface area contributed by atoms with Gasteiger partial charge in [0.15, 0.2) is 6.10 Å². The lowest BCUT2D eigenvalue weighted by atomic mass is 10.0. The van der Waals surface area contributed by atoms with Crippen molar-refractivity contribution in [2.24, 2.45) is 5.92 Å². The first-order chi connectivity index (χ1) is 11.8. The standard InChI is InChI=1S/C18H24N2O5/c1-11(2)15(19-16(21)13-7-5-4-6-12(13)3)17(22)20-8-9-25-14(10-20)18(23)24/h4-7,11,14-15H,8-10H2,1-3H3,(H,19,21)(H,23,24). The van der Waals surface area contributed by atoms with Crippen molar-refractivity contribution >= 4 is 17.8 Å². The molecule has 2 amide bonds. The van der Waals surface area contributed by atoms with Gasteiger partial charge in [-0.25, -0.2) is 4.79 Å². The number of aryl methyl sites for hydroxylation is 1. The molecule has 2 atom stereocenters. The monoisotopic (exact) mass is 348 g/mol. The molecule has 7 nitrogen and oxygen atoms in total. The highest BCUT2D eigenvalue weighted by Gasteiger charge is 2.34. The van der Waals surface area contributed by atoms with Crippen LogP contribution in [-0.4, -0.2) is 59.6 Å². The molecule has 0 bridgehead atoms. The second-order valence-corrected chi connectivity index (χ2v) is 6.49. The fraction of sp³-hybridized carbons (Fsp3) is 0.500. The minimum Gasteiger partial charge on any atom is -0.479 e. The summed E-state index contributed by atoms with van der Waals surface area (Å²) in [6, 6.07) is 6.44. The van der Waals surface area contributed by atoms with Gasteiger partial charge < -0.3 is 20.1 Å². The van der Waals surface area contributed by atoms with Crippen molar-refractivity contribution in [3.63, 3.8) is 0 Å². The number of hydrogen-bond donors (Lipinski definition) is 2. The average molecular weight is 348 g/mol. The van der Waals surface area contributed by atoms with Crippen LogP contribution in [0.4, 0.5) is 0 Å². The Labute approximate surface area is 147 Å². The average Bonchev–Trinajstić information content (AvgIpc) is 2.59. The highest BCUT2D eigenvalue weighted by atomic mass is 16.5. The van der Waals surface area contributed by atoms with Crippen LogP contribution in [-0.2, 0) is 14.3 Å². The molecule has 25 heavy (non-hydrogen) atoms. The van der Waals surface area contributed by atoms with Crippen molar-refractivity contribution in [3.8, 4) is 0 Å². The first-order valence-corrected chi connectivity index (χ1v) is 8.31. The van der Waals surface area contributed by atoms with E-state index in [0.29, 0.717) is 12.1 Å². The summed E-state index contributed by atoms with van der Waals surface area (Å²) in [6.45, 7) is 5.98. The molecule has 1 aliphatic heterocycles. The summed E-state index contributed by atoms with van der Waals surface area (Å²) in [5.41, 5.74) is 1.35. The Kier molecular flexibility index (Phi) is 6.14. The van der Waals surface area contributed by atoms with E-state index in [0.717, 1.165) is 5.56 Å². The maximum atomic E-state index is 12.8. The number of amides is 2. The SMILES string of the molecule is Cc1ccccc1C(=O)NC(C(=O)N1CCOC(C(=O)O)C1)C(C)C. The molecule has 1 fully saturated rings. The Hall–Kier alpha value is -2.41. The lowest BCUT2D eigenvalue weighted by molar-refractivity contribution is -0.160. The van der Waals surface area contributed by atoms with E-state index in [1.54, 1.807) is 12.1 Å². The van der Waals surface area contributed by atoms with Crippen molar-refractivity contribution in [2.45, 2.75) is 32.9 Å². The van der Waals surface area contributed by atoms with Crippen LogP contribution in [0.5, 0.6) is 0 Å². The predicted molar refractivity (Wildman–Crippen MR) is 91.2 cm³/mol. The van der Waals surface area contributed by atoms with Crippen LogP contribution in [0.3, 0.4) is 0 Å². The molecule has 1 heterocycles. The van der Waals surface area contributed by atoms with Gasteiger partial charge in [0.1, 0.15) is 6.04 Å². The molecule has 0 radical (unpaired) electrons. The van der Waals surface area contributed by atoms with E-state index in [2.05, 4.69) is 5.32 Å². The van der Waals surface area contributed by atoms with E-state index in [1.807, 2.05) is 32.9 Å². The minimum absolute atomic E-state index is 0.0162. The van der Waals surface area contributed by atoms with Gasteiger partial charge in [0.25, 0.3) is 5.91 Å². The molecule has 0 aromatic heterocycles. The number of ether oxygens (including phenoxy) is 1. The summed E-state index contributed by atoms with van der Waals surface area (Å²) in [6.07, 6.45) is -1.03. The zero-order valence-corrected chi connectivity index (χ0v) is 14.7. The first-order valence-electron chi connectivity index (χ1n) is 8.31. The normalized spacial score (nSPS) is 18.7. The van der Waals surface area contributed by atoms with Crippen LogP contribution < -0.4 is 5.32 Å². The number of benzene rings is 1. The van der Waals surface area contributed by atoms with Gasteiger partial charge in [-0.15, -0.1) is 0 Å². The molecule has 0 saturated carbocycles. The third-order valence-corrected chi connectivity index (χ3v) is 4.26. The van der Waals surface area contributed by atoms with Gasteiger partial charge in [-0.1, -0.05) is 32.0 Å². The Morgan fingerprint density at radius 2 is 1.96 bits per heavy atom. The molecule has 2 N–H and O–H groups in total. The highest BCUT2D eigenvalue weighted by molar-refractivity contribution is 5.98. The number of morpholine rings is 1. The Morgan fingerprint density at radius 3 is 2.56 bits per heavy atom. The number of carbonyl (C=O) groups is 3. The second-order valence-electron chi connectivity index (χ2n) is 6.49. The van der Waals surface area contributed by atoms with Crippen molar-refractivity contribution in [1.29, 1.82) is 0 Å². The van der Waals surface area contributed by atoms with Crippen molar-refractivity contribution in [1.82, 2.24) is 10.2 Å². The summed E-state index contributed by atoms with van der Waals surface area (Å²) in [4.78, 5) is 37.9. The first kappa shape index (κ1) is 18.9. The summed E-state index contributed by atoms with van der Waals surface area (Å²) in [5, 5.41) is 11.9. The van der Waals surface area contributed by atoms with Gasteiger partial charge in [0.05, 0.1) is 13.2 Å². The summed E-state index contributed by atoms with van der Waals surface area (Å²) in [7, 11) is 0. The van der Waals surface area contributed by atoms with Crippen LogP contribution >= 0.6 is 0 Å². The number of carboxylic acids is 1. The number of aliphatic carboxylic acids is 1. The number of hydrogen-bond acceptors (Lipinski definition) is 4. The van der Waals surface area contributed by atoms with Crippen molar-refractivity contribution in [2.75, 3.05) is 19.7 Å². The molecule has 2 rings (SSSR count). The molecule has 0 spiro atoms. The Bertz CT molecular complexity index is 659. The van der Waals surface area contributed by atoms with E-state index in [1.165, 1.54) is 4.90 Å². The van der Waals surface area contributed by atoms with Crippen molar-refractivity contribution < 1.29 is 24.2 Å². The lowest BCUT2D eigenvalue weighted by Crippen LogP contribution is -2.56. The minimum atomic E-state index is -1.09. The quantitative estimate of drug-likeness (QED) is 0.829. The fourth-order valence-corrected chi connectivity index (χ4v) is 2.76. The molecule has 2 unspecified atom stereocenters. The number of rotatable bonds is 5. The van der Waals surface area contributed by atoms with Crippen LogP contribution in [0.1, 0.15) is 29.8 Å². The third kappa shape index (κ3) is 4.57. The fourth-order valence-electron chi connectivity index (χ4n) is 2.76. The number of nitrogens with one attached hydrogen (secondary N) is 1. The van der Waals surface area contributed by atoms with E-state index < -0.39 is 18.1 Å². The van der Waals surface area contributed by atoms with Crippen LogP contribution in [0.2, 0.25) is 0 Å². The molecular weight excluding hydrogens is 324 g/mol. The summed E-state index contributed by atoms with van der Waals surface area (Å²) in [5.74, 6) is -1.83. The van der Waals surface area contributed by atoms with Gasteiger partial charge in [-0.05, 0) is 24.5 Å². The number of carboxylic acid groups (broad SMARTS) is 1. The Balaban J connectivity index is 2.12. The molecule has 1 aromatic rings. The molecule has 0 aliphatic carbocycles. The Morgan fingerprint density at radius 1 is 1.28 bits per heavy atom. The largest absolute Gasteiger partial charge is 0.479 e. The number of nitrogens with zero attached hydrogens (tertiary/aromatic N) is 1. The van der Waals surface area contributed by atoms with Gasteiger partial charge in [0, 0.05) is 12.1 Å². The second kappa shape index (κ2) is 8.11. The maximum absolute atomic E-state index is 12.8. The van der Waals surface area contributed by atoms with Gasteiger partial charge in [0.2, 0.25) is 5.91 Å². The van der Waals surface area contributed by atoms with Crippen LogP contribution in [0.15, 0.2) is 24.3 Å². The van der Waals surface area contributed by atoms with E-state index >= 15 is 0 Å². The molecule has 1 saturated heterocycles. The highest BCUT2D eigenvalue weighted by Crippen LogP contribution is 2.13. The smallest absolute Gasteiger partial charge is 0.334 e.